The highest BCUT2D eigenvalue weighted by Gasteiger charge is 2.48. The minimum Gasteiger partial charge on any atom is -0.460 e. The Hall–Kier alpha value is -0.530. The molecule has 1 aliphatic heterocycles. The van der Waals surface area contributed by atoms with E-state index in [0.717, 1.165) is 38.5 Å². The second kappa shape index (κ2) is 7.47. The maximum atomic E-state index is 13.1. The fourth-order valence-corrected chi connectivity index (χ4v) is 5.28. The lowest BCUT2D eigenvalue weighted by Gasteiger charge is -2.40. The van der Waals surface area contributed by atoms with Gasteiger partial charge in [-0.3, -0.25) is 0 Å². The Balaban J connectivity index is 1.60. The van der Waals surface area contributed by atoms with Gasteiger partial charge in [-0.15, -0.1) is 0 Å². The summed E-state index contributed by atoms with van der Waals surface area (Å²) >= 11 is 8.78. The second-order valence-electron chi connectivity index (χ2n) is 7.79. The Kier molecular flexibility index (Phi) is 5.41. The Morgan fingerprint density at radius 1 is 1.31 bits per heavy atom. The van der Waals surface area contributed by atoms with Crippen molar-refractivity contribution in [3.63, 3.8) is 0 Å². The van der Waals surface area contributed by atoms with E-state index in [1.54, 1.807) is 6.07 Å². The first-order chi connectivity index (χ1) is 12.5. The van der Waals surface area contributed by atoms with Crippen LogP contribution in [0.2, 0.25) is 5.02 Å². The molecule has 0 amide bonds. The van der Waals surface area contributed by atoms with Crippen molar-refractivity contribution in [1.29, 1.82) is 0 Å². The van der Waals surface area contributed by atoms with Gasteiger partial charge in [0.05, 0.1) is 5.02 Å². The molecule has 3 aliphatic rings. The molecule has 4 atom stereocenters. The summed E-state index contributed by atoms with van der Waals surface area (Å²) in [5.74, 6) is 0.0964. The highest BCUT2D eigenvalue weighted by Crippen LogP contribution is 2.49. The minimum absolute atomic E-state index is 0.0551. The molecule has 6 heteroatoms. The Morgan fingerprint density at radius 3 is 2.85 bits per heavy atom. The average Bonchev–Trinajstić information content (AvgIpc) is 3.06. The normalized spacial score (nSPS) is 32.7. The number of fused-ring (bicyclic) bond motifs is 1. The number of carbonyl (C=O) groups excluding carboxylic acids is 1. The number of para-hydroxylation sites is 1. The van der Waals surface area contributed by atoms with Crippen LogP contribution in [-0.2, 0) is 14.3 Å². The van der Waals surface area contributed by atoms with Gasteiger partial charge in [-0.2, -0.15) is 0 Å². The number of halogens is 2. The van der Waals surface area contributed by atoms with Crippen molar-refractivity contribution in [2.24, 2.45) is 5.92 Å². The Morgan fingerprint density at radius 2 is 2.08 bits per heavy atom. The van der Waals surface area contributed by atoms with E-state index in [0.29, 0.717) is 26.2 Å². The number of carbonyl (C=O) groups is 1. The van der Waals surface area contributed by atoms with Gasteiger partial charge in [-0.1, -0.05) is 53.2 Å². The van der Waals surface area contributed by atoms with E-state index >= 15 is 0 Å². The molecule has 1 unspecified atom stereocenters. The number of esters is 1. The van der Waals surface area contributed by atoms with Crippen LogP contribution in [0.5, 0.6) is 5.75 Å². The molecule has 1 heterocycles. The molecule has 4 nitrogen and oxygen atoms in total. The Labute approximate surface area is 173 Å². The van der Waals surface area contributed by atoms with Crippen LogP contribution in [0.25, 0.3) is 0 Å². The third-order valence-corrected chi connectivity index (χ3v) is 7.44. The third kappa shape index (κ3) is 3.59. The van der Waals surface area contributed by atoms with E-state index in [1.807, 2.05) is 12.1 Å². The lowest BCUT2D eigenvalue weighted by Crippen LogP contribution is -2.44. The smallest absolute Gasteiger partial charge is 0.340 e. The molecule has 0 radical (unpaired) electrons. The summed E-state index contributed by atoms with van der Waals surface area (Å²) in [6.07, 6.45) is 5.97. The summed E-state index contributed by atoms with van der Waals surface area (Å²) in [5, 5.41) is 0.521. The van der Waals surface area contributed by atoms with Crippen LogP contribution in [0, 0.1) is 5.92 Å². The topological polar surface area (TPSA) is 44.8 Å². The summed E-state index contributed by atoms with van der Waals surface area (Å²) in [4.78, 5) is 13.1. The molecule has 0 saturated heterocycles. The molecular formula is C20H24ClIO4. The van der Waals surface area contributed by atoms with Crippen molar-refractivity contribution in [3.8, 4) is 5.75 Å². The molecule has 26 heavy (non-hydrogen) atoms. The monoisotopic (exact) mass is 490 g/mol. The van der Waals surface area contributed by atoms with Crippen molar-refractivity contribution in [1.82, 2.24) is 0 Å². The molecule has 0 bridgehead atoms. The first-order valence-electron chi connectivity index (χ1n) is 9.47. The van der Waals surface area contributed by atoms with Gasteiger partial charge < -0.3 is 14.2 Å². The van der Waals surface area contributed by atoms with E-state index in [-0.39, 0.29) is 12.1 Å². The van der Waals surface area contributed by atoms with Crippen LogP contribution < -0.4 is 4.74 Å². The molecular weight excluding hydrogens is 467 g/mol. The van der Waals surface area contributed by atoms with Gasteiger partial charge >= 0.3 is 5.97 Å². The summed E-state index contributed by atoms with van der Waals surface area (Å²) in [7, 11) is 0. The van der Waals surface area contributed by atoms with Crippen molar-refractivity contribution in [3.05, 3.63) is 28.8 Å². The van der Waals surface area contributed by atoms with E-state index < -0.39 is 11.9 Å². The summed E-state index contributed by atoms with van der Waals surface area (Å²) in [6, 6.07) is 5.46. The summed E-state index contributed by atoms with van der Waals surface area (Å²) in [6.45, 7) is 2.22. The van der Waals surface area contributed by atoms with Crippen LogP contribution in [0.3, 0.4) is 0 Å². The van der Waals surface area contributed by atoms with Gasteiger partial charge in [0, 0.05) is 22.3 Å². The lowest BCUT2D eigenvalue weighted by molar-refractivity contribution is -0.235. The second-order valence-corrected chi connectivity index (χ2v) is 9.79. The summed E-state index contributed by atoms with van der Waals surface area (Å²) in [5.41, 5.74) is 0.675. The molecule has 2 aliphatic carbocycles. The van der Waals surface area contributed by atoms with Crippen molar-refractivity contribution in [2.75, 3.05) is 0 Å². The van der Waals surface area contributed by atoms with E-state index in [2.05, 4.69) is 29.5 Å². The number of rotatable bonds is 2. The predicted molar refractivity (Wildman–Crippen MR) is 108 cm³/mol. The molecule has 1 aromatic rings. The van der Waals surface area contributed by atoms with Crippen molar-refractivity contribution >= 4 is 40.2 Å². The minimum atomic E-state index is -0.767. The lowest BCUT2D eigenvalue weighted by atomic mass is 9.88. The van der Waals surface area contributed by atoms with Crippen LogP contribution in [0.4, 0.5) is 0 Å². The van der Waals surface area contributed by atoms with Crippen molar-refractivity contribution < 1.29 is 19.0 Å². The average molecular weight is 491 g/mol. The van der Waals surface area contributed by atoms with Crippen LogP contribution in [0.15, 0.2) is 18.2 Å². The van der Waals surface area contributed by atoms with Gasteiger partial charge in [0.25, 0.3) is 0 Å². The molecule has 1 aromatic carbocycles. The van der Waals surface area contributed by atoms with Crippen molar-refractivity contribution in [2.45, 2.75) is 73.8 Å². The standard InChI is InChI=1S/C20H24ClIO4/c1-12-7-8-15(22)16(11-12)24-19(23)18-13-5-4-6-14(21)17(13)25-20(26-18)9-2-3-10-20/h4-6,12,15-16,18H,2-3,7-11H2,1H3/t12-,15?,16-,18+/m0/s1. The van der Waals surface area contributed by atoms with Gasteiger partial charge in [0.15, 0.2) is 6.10 Å². The SMILES string of the molecule is C[C@H]1CCC(I)[C@@H](OC(=O)[C@@H]2OC3(CCCC3)Oc3c(Cl)cccc32)C1. The number of alkyl halides is 1. The van der Waals surface area contributed by atoms with Crippen LogP contribution in [-0.4, -0.2) is 21.8 Å². The van der Waals surface area contributed by atoms with E-state index in [9.17, 15) is 4.79 Å². The van der Waals surface area contributed by atoms with Gasteiger partial charge in [0.1, 0.15) is 11.9 Å². The fraction of sp³-hybridized carbons (Fsp3) is 0.650. The molecule has 0 N–H and O–H groups in total. The molecule has 4 rings (SSSR count). The first-order valence-corrected chi connectivity index (χ1v) is 11.1. The highest BCUT2D eigenvalue weighted by atomic mass is 127. The molecule has 0 aromatic heterocycles. The number of benzene rings is 1. The zero-order valence-corrected chi connectivity index (χ0v) is 17.8. The predicted octanol–water partition coefficient (Wildman–Crippen LogP) is 5.60. The van der Waals surface area contributed by atoms with Crippen LogP contribution >= 0.6 is 34.2 Å². The van der Waals surface area contributed by atoms with Gasteiger partial charge in [-0.25, -0.2) is 4.79 Å². The van der Waals surface area contributed by atoms with Gasteiger partial charge in [0.2, 0.25) is 5.79 Å². The fourth-order valence-electron chi connectivity index (χ4n) is 4.26. The van der Waals surface area contributed by atoms with E-state index in [4.69, 9.17) is 25.8 Å². The zero-order valence-electron chi connectivity index (χ0n) is 14.9. The Bertz CT molecular complexity index is 688. The molecule has 142 valence electrons. The third-order valence-electron chi connectivity index (χ3n) is 5.72. The number of hydrogen-bond acceptors (Lipinski definition) is 4. The molecule has 2 fully saturated rings. The highest BCUT2D eigenvalue weighted by molar-refractivity contribution is 14.1. The summed E-state index contributed by atoms with van der Waals surface area (Å²) < 4.78 is 18.7. The first kappa shape index (κ1) is 18.8. The molecule has 2 saturated carbocycles. The van der Waals surface area contributed by atoms with Gasteiger partial charge in [-0.05, 0) is 44.1 Å². The number of ether oxygens (including phenoxy) is 3. The number of hydrogen-bond donors (Lipinski definition) is 0. The largest absolute Gasteiger partial charge is 0.460 e. The molecule has 1 spiro atoms. The maximum absolute atomic E-state index is 13.1. The van der Waals surface area contributed by atoms with Crippen LogP contribution in [0.1, 0.15) is 63.5 Å². The zero-order chi connectivity index (χ0) is 18.3. The quantitative estimate of drug-likeness (QED) is 0.308. The maximum Gasteiger partial charge on any atom is 0.340 e. The van der Waals surface area contributed by atoms with E-state index in [1.165, 1.54) is 6.42 Å².